The first-order valence-electron chi connectivity index (χ1n) is 5.39. The maximum atomic E-state index is 13.6. The molecule has 0 amide bonds. The predicted molar refractivity (Wildman–Crippen MR) is 70.4 cm³/mol. The van der Waals surface area contributed by atoms with Crippen LogP contribution in [0.1, 0.15) is 10.4 Å². The SMILES string of the molecule is COc1ccc(-c2cc(F)c(C(=O)O)cc2Cl)cc1. The van der Waals surface area contributed by atoms with Crippen molar-refractivity contribution in [2.24, 2.45) is 0 Å². The van der Waals surface area contributed by atoms with Gasteiger partial charge in [-0.15, -0.1) is 0 Å². The normalized spacial score (nSPS) is 10.3. The van der Waals surface area contributed by atoms with E-state index in [2.05, 4.69) is 0 Å². The molecule has 0 aromatic heterocycles. The van der Waals surface area contributed by atoms with Gasteiger partial charge in [0, 0.05) is 10.6 Å². The highest BCUT2D eigenvalue weighted by Crippen LogP contribution is 2.31. The summed E-state index contributed by atoms with van der Waals surface area (Å²) < 4.78 is 18.7. The van der Waals surface area contributed by atoms with Crippen molar-refractivity contribution in [1.29, 1.82) is 0 Å². The minimum Gasteiger partial charge on any atom is -0.497 e. The van der Waals surface area contributed by atoms with Crippen LogP contribution in [0.2, 0.25) is 5.02 Å². The lowest BCUT2D eigenvalue weighted by atomic mass is 10.0. The minimum absolute atomic E-state index is 0.184. The van der Waals surface area contributed by atoms with Crippen LogP contribution in [0, 0.1) is 5.82 Å². The van der Waals surface area contributed by atoms with Crippen LogP contribution in [0.3, 0.4) is 0 Å². The number of benzene rings is 2. The Balaban J connectivity index is 2.50. The summed E-state index contributed by atoms with van der Waals surface area (Å²) in [4.78, 5) is 10.8. The molecule has 3 nitrogen and oxygen atoms in total. The molecule has 0 saturated carbocycles. The van der Waals surface area contributed by atoms with Gasteiger partial charge in [0.25, 0.3) is 0 Å². The fourth-order valence-corrected chi connectivity index (χ4v) is 1.98. The molecule has 1 N–H and O–H groups in total. The van der Waals surface area contributed by atoms with E-state index < -0.39 is 17.3 Å². The second kappa shape index (κ2) is 5.28. The van der Waals surface area contributed by atoms with Crippen LogP contribution in [0.15, 0.2) is 36.4 Å². The molecule has 2 aromatic rings. The van der Waals surface area contributed by atoms with E-state index in [9.17, 15) is 9.18 Å². The molecule has 0 unspecified atom stereocenters. The highest BCUT2D eigenvalue weighted by Gasteiger charge is 2.15. The Morgan fingerprint density at radius 2 is 1.89 bits per heavy atom. The Hall–Kier alpha value is -2.07. The molecule has 0 saturated heterocycles. The monoisotopic (exact) mass is 280 g/mol. The van der Waals surface area contributed by atoms with Crippen LogP contribution < -0.4 is 4.74 Å². The summed E-state index contributed by atoms with van der Waals surface area (Å²) in [6.07, 6.45) is 0. The van der Waals surface area contributed by atoms with Gasteiger partial charge in [0.1, 0.15) is 11.6 Å². The third-order valence-electron chi connectivity index (χ3n) is 2.69. The van der Waals surface area contributed by atoms with E-state index in [1.165, 1.54) is 0 Å². The molecular formula is C14H10ClFO3. The molecule has 5 heteroatoms. The minimum atomic E-state index is -1.35. The van der Waals surface area contributed by atoms with Gasteiger partial charge in [-0.3, -0.25) is 0 Å². The maximum Gasteiger partial charge on any atom is 0.338 e. The number of halogens is 2. The molecule has 0 atom stereocenters. The van der Waals surface area contributed by atoms with E-state index in [0.717, 1.165) is 12.1 Å². The molecule has 0 aliphatic carbocycles. The number of methoxy groups -OCH3 is 1. The summed E-state index contributed by atoms with van der Waals surface area (Å²) in [5.41, 5.74) is 0.677. The van der Waals surface area contributed by atoms with Gasteiger partial charge in [-0.1, -0.05) is 23.7 Å². The number of hydrogen-bond donors (Lipinski definition) is 1. The van der Waals surface area contributed by atoms with Gasteiger partial charge < -0.3 is 9.84 Å². The maximum absolute atomic E-state index is 13.6. The lowest BCUT2D eigenvalue weighted by Gasteiger charge is -2.08. The van der Waals surface area contributed by atoms with E-state index in [-0.39, 0.29) is 5.02 Å². The quantitative estimate of drug-likeness (QED) is 0.929. The van der Waals surface area contributed by atoms with Crippen LogP contribution in [-0.4, -0.2) is 18.2 Å². The largest absolute Gasteiger partial charge is 0.497 e. The van der Waals surface area contributed by atoms with E-state index in [0.29, 0.717) is 16.9 Å². The number of carbonyl (C=O) groups is 1. The summed E-state index contributed by atoms with van der Waals surface area (Å²) in [6.45, 7) is 0. The smallest absolute Gasteiger partial charge is 0.338 e. The summed E-state index contributed by atoms with van der Waals surface area (Å²) >= 11 is 5.99. The first-order valence-corrected chi connectivity index (χ1v) is 5.77. The molecule has 2 rings (SSSR count). The standard InChI is InChI=1S/C14H10ClFO3/c1-19-9-4-2-8(3-5-9)10-7-13(16)11(14(17)18)6-12(10)15/h2-7H,1H3,(H,17,18). The van der Waals surface area contributed by atoms with Crippen molar-refractivity contribution in [1.82, 2.24) is 0 Å². The number of aromatic carboxylic acids is 1. The first-order chi connectivity index (χ1) is 9.02. The van der Waals surface area contributed by atoms with Crippen LogP contribution in [0.5, 0.6) is 5.75 Å². The number of carboxylic acid groups (broad SMARTS) is 1. The third-order valence-corrected chi connectivity index (χ3v) is 3.00. The third kappa shape index (κ3) is 2.69. The van der Waals surface area contributed by atoms with E-state index in [1.54, 1.807) is 31.4 Å². The average Bonchev–Trinajstić information content (AvgIpc) is 2.41. The van der Waals surface area contributed by atoms with Gasteiger partial charge >= 0.3 is 5.97 Å². The number of hydrogen-bond acceptors (Lipinski definition) is 2. The van der Waals surface area contributed by atoms with Crippen LogP contribution in [0.25, 0.3) is 11.1 Å². The lowest BCUT2D eigenvalue weighted by Crippen LogP contribution is -2.01. The lowest BCUT2D eigenvalue weighted by molar-refractivity contribution is 0.0692. The summed E-state index contributed by atoms with van der Waals surface area (Å²) in [6, 6.07) is 9.11. The fourth-order valence-electron chi connectivity index (χ4n) is 1.70. The van der Waals surface area contributed by atoms with Gasteiger partial charge in [0.15, 0.2) is 0 Å². The molecule has 0 fully saturated rings. The summed E-state index contributed by atoms with van der Waals surface area (Å²) in [7, 11) is 1.54. The molecule has 98 valence electrons. The number of carboxylic acids is 1. The molecule has 0 aliphatic heterocycles. The van der Waals surface area contributed by atoms with Gasteiger partial charge in [0.2, 0.25) is 0 Å². The number of rotatable bonds is 3. The zero-order chi connectivity index (χ0) is 14.0. The molecule has 0 radical (unpaired) electrons. The van der Waals surface area contributed by atoms with Crippen molar-refractivity contribution < 1.29 is 19.0 Å². The highest BCUT2D eigenvalue weighted by molar-refractivity contribution is 6.33. The van der Waals surface area contributed by atoms with Crippen molar-refractivity contribution in [3.8, 4) is 16.9 Å². The summed E-state index contributed by atoms with van der Waals surface area (Å²) in [5.74, 6) is -1.49. The Morgan fingerprint density at radius 3 is 2.42 bits per heavy atom. The second-order valence-electron chi connectivity index (χ2n) is 3.85. The topological polar surface area (TPSA) is 46.5 Å². The molecule has 0 aliphatic rings. The zero-order valence-electron chi connectivity index (χ0n) is 9.98. The van der Waals surface area contributed by atoms with Crippen molar-refractivity contribution in [3.63, 3.8) is 0 Å². The van der Waals surface area contributed by atoms with Crippen LogP contribution >= 0.6 is 11.6 Å². The Labute approximate surface area is 114 Å². The fraction of sp³-hybridized carbons (Fsp3) is 0.0714. The number of ether oxygens (including phenoxy) is 1. The molecule has 19 heavy (non-hydrogen) atoms. The van der Waals surface area contributed by atoms with Gasteiger partial charge in [-0.2, -0.15) is 0 Å². The molecule has 0 heterocycles. The van der Waals surface area contributed by atoms with Crippen LogP contribution in [-0.2, 0) is 0 Å². The van der Waals surface area contributed by atoms with E-state index in [1.807, 2.05) is 0 Å². The van der Waals surface area contributed by atoms with Gasteiger partial charge in [0.05, 0.1) is 12.7 Å². The first kappa shape index (κ1) is 13.4. The predicted octanol–water partition coefficient (Wildman–Crippen LogP) is 3.85. The highest BCUT2D eigenvalue weighted by atomic mass is 35.5. The zero-order valence-corrected chi connectivity index (χ0v) is 10.7. The van der Waals surface area contributed by atoms with Crippen molar-refractivity contribution >= 4 is 17.6 Å². The molecule has 2 aromatic carbocycles. The van der Waals surface area contributed by atoms with E-state index >= 15 is 0 Å². The molecular weight excluding hydrogens is 271 g/mol. The molecule has 0 bridgehead atoms. The van der Waals surface area contributed by atoms with Crippen molar-refractivity contribution in [2.45, 2.75) is 0 Å². The van der Waals surface area contributed by atoms with Crippen LogP contribution in [0.4, 0.5) is 4.39 Å². The van der Waals surface area contributed by atoms with Gasteiger partial charge in [-0.05, 0) is 29.8 Å². The van der Waals surface area contributed by atoms with Gasteiger partial charge in [-0.25, -0.2) is 9.18 Å². The Kier molecular flexibility index (Phi) is 3.71. The van der Waals surface area contributed by atoms with Crippen molar-refractivity contribution in [2.75, 3.05) is 7.11 Å². The Morgan fingerprint density at radius 1 is 1.26 bits per heavy atom. The van der Waals surface area contributed by atoms with E-state index in [4.69, 9.17) is 21.4 Å². The van der Waals surface area contributed by atoms with Crippen molar-refractivity contribution in [3.05, 3.63) is 52.8 Å². The second-order valence-corrected chi connectivity index (χ2v) is 4.25. The molecule has 0 spiro atoms. The Bertz CT molecular complexity index is 623. The average molecular weight is 281 g/mol. The summed E-state index contributed by atoms with van der Waals surface area (Å²) in [5, 5.41) is 8.99.